The van der Waals surface area contributed by atoms with E-state index in [1.54, 1.807) is 0 Å². The van der Waals surface area contributed by atoms with Crippen LogP contribution in [0.5, 0.6) is 0 Å². The van der Waals surface area contributed by atoms with Gasteiger partial charge in [-0.1, -0.05) is 19.1 Å². The molecule has 1 aromatic heterocycles. The first-order valence-corrected chi connectivity index (χ1v) is 7.85. The summed E-state index contributed by atoms with van der Waals surface area (Å²) in [5.41, 5.74) is 4.02. The van der Waals surface area contributed by atoms with Gasteiger partial charge in [0.15, 0.2) is 4.60 Å². The second kappa shape index (κ2) is 6.33. The highest BCUT2D eigenvalue weighted by molar-refractivity contribution is 9.10. The van der Waals surface area contributed by atoms with Crippen molar-refractivity contribution in [2.45, 2.75) is 45.6 Å². The van der Waals surface area contributed by atoms with Gasteiger partial charge in [0, 0.05) is 7.05 Å². The fraction of sp³-hybridized carbons (Fsp3) is 0.846. The SMILES string of the molecule is CC(C)C1CCC(C(NN)c2c(Br)nnn2C)CC1. The fourth-order valence-corrected chi connectivity index (χ4v) is 3.83. The fourth-order valence-electron chi connectivity index (χ4n) is 3.25. The largest absolute Gasteiger partial charge is 0.271 e. The molecule has 1 saturated carbocycles. The van der Waals surface area contributed by atoms with Crippen molar-refractivity contribution in [2.24, 2.45) is 30.6 Å². The minimum Gasteiger partial charge on any atom is -0.271 e. The lowest BCUT2D eigenvalue weighted by Gasteiger charge is -2.35. The minimum atomic E-state index is 0.127. The first kappa shape index (κ1) is 14.9. The highest BCUT2D eigenvalue weighted by atomic mass is 79.9. The monoisotopic (exact) mass is 329 g/mol. The molecule has 5 nitrogen and oxygen atoms in total. The van der Waals surface area contributed by atoms with Gasteiger partial charge in [0.05, 0.1) is 11.7 Å². The molecule has 2 rings (SSSR count). The summed E-state index contributed by atoms with van der Waals surface area (Å²) in [6.07, 6.45) is 5.03. The molecule has 1 aliphatic carbocycles. The molecule has 0 aliphatic heterocycles. The standard InChI is InChI=1S/C13H24BrN5/c1-8(2)9-4-6-10(7-5-9)11(16-15)12-13(14)17-18-19(12)3/h8-11,16H,4-7,15H2,1-3H3. The Bertz CT molecular complexity index is 390. The highest BCUT2D eigenvalue weighted by Gasteiger charge is 2.32. The summed E-state index contributed by atoms with van der Waals surface area (Å²) in [5, 5.41) is 8.10. The van der Waals surface area contributed by atoms with Crippen LogP contribution in [0.1, 0.15) is 51.3 Å². The molecule has 1 unspecified atom stereocenters. The number of hydrazine groups is 1. The molecule has 1 atom stereocenters. The van der Waals surface area contributed by atoms with E-state index in [2.05, 4.69) is 45.5 Å². The maximum Gasteiger partial charge on any atom is 0.153 e. The maximum atomic E-state index is 5.79. The molecule has 0 amide bonds. The molecule has 3 N–H and O–H groups in total. The Hall–Kier alpha value is -0.460. The number of nitrogens with two attached hydrogens (primary N) is 1. The molecule has 0 aromatic carbocycles. The Morgan fingerprint density at radius 3 is 2.26 bits per heavy atom. The van der Waals surface area contributed by atoms with Crippen LogP contribution in [0.4, 0.5) is 0 Å². The number of rotatable bonds is 4. The van der Waals surface area contributed by atoms with E-state index in [0.717, 1.165) is 22.1 Å². The van der Waals surface area contributed by atoms with Crippen LogP contribution >= 0.6 is 15.9 Å². The summed E-state index contributed by atoms with van der Waals surface area (Å²) >= 11 is 3.47. The van der Waals surface area contributed by atoms with Crippen LogP contribution in [0.15, 0.2) is 4.60 Å². The van der Waals surface area contributed by atoms with E-state index in [1.165, 1.54) is 25.7 Å². The summed E-state index contributed by atoms with van der Waals surface area (Å²) in [6.45, 7) is 4.65. The van der Waals surface area contributed by atoms with Crippen molar-refractivity contribution in [2.75, 3.05) is 0 Å². The molecule has 1 aliphatic rings. The maximum absolute atomic E-state index is 5.79. The summed E-state index contributed by atoms with van der Waals surface area (Å²) in [6, 6.07) is 0.127. The van der Waals surface area contributed by atoms with Crippen LogP contribution in [-0.2, 0) is 7.05 Å². The Morgan fingerprint density at radius 1 is 1.26 bits per heavy atom. The quantitative estimate of drug-likeness (QED) is 0.658. The third-order valence-corrected chi connectivity index (χ3v) is 5.10. The lowest BCUT2D eigenvalue weighted by Crippen LogP contribution is -2.37. The van der Waals surface area contributed by atoms with Crippen molar-refractivity contribution in [3.05, 3.63) is 10.3 Å². The van der Waals surface area contributed by atoms with Crippen LogP contribution in [0.25, 0.3) is 0 Å². The number of nitrogens with zero attached hydrogens (tertiary/aromatic N) is 3. The van der Waals surface area contributed by atoms with Gasteiger partial charge in [-0.05, 0) is 59.4 Å². The Labute approximate surface area is 123 Å². The van der Waals surface area contributed by atoms with Crippen molar-refractivity contribution >= 4 is 15.9 Å². The van der Waals surface area contributed by atoms with Gasteiger partial charge < -0.3 is 0 Å². The lowest BCUT2D eigenvalue weighted by atomic mass is 9.74. The summed E-state index contributed by atoms with van der Waals surface area (Å²) in [7, 11) is 1.91. The smallest absolute Gasteiger partial charge is 0.153 e. The zero-order valence-electron chi connectivity index (χ0n) is 11.9. The molecule has 0 spiro atoms. The molecule has 1 fully saturated rings. The van der Waals surface area contributed by atoms with Crippen molar-refractivity contribution < 1.29 is 0 Å². The van der Waals surface area contributed by atoms with Gasteiger partial charge >= 0.3 is 0 Å². The summed E-state index contributed by atoms with van der Waals surface area (Å²) in [4.78, 5) is 0. The Balaban J connectivity index is 2.08. The highest BCUT2D eigenvalue weighted by Crippen LogP contribution is 2.40. The van der Waals surface area contributed by atoms with Gasteiger partial charge in [-0.25, -0.2) is 4.68 Å². The van der Waals surface area contributed by atoms with Crippen molar-refractivity contribution in [1.82, 2.24) is 20.4 Å². The van der Waals surface area contributed by atoms with Crippen LogP contribution in [0.3, 0.4) is 0 Å². The predicted octanol–water partition coefficient (Wildman–Crippen LogP) is 2.54. The van der Waals surface area contributed by atoms with Crippen molar-refractivity contribution in [3.8, 4) is 0 Å². The zero-order chi connectivity index (χ0) is 14.0. The van der Waals surface area contributed by atoms with Crippen LogP contribution in [-0.4, -0.2) is 15.0 Å². The van der Waals surface area contributed by atoms with E-state index in [9.17, 15) is 0 Å². The van der Waals surface area contributed by atoms with Gasteiger partial charge in [0.1, 0.15) is 0 Å². The number of hydrogen-bond acceptors (Lipinski definition) is 4. The van der Waals surface area contributed by atoms with E-state index in [0.29, 0.717) is 5.92 Å². The second-order valence-corrected chi connectivity index (χ2v) is 6.70. The van der Waals surface area contributed by atoms with Crippen molar-refractivity contribution in [3.63, 3.8) is 0 Å². The van der Waals surface area contributed by atoms with Gasteiger partial charge in [-0.3, -0.25) is 11.3 Å². The number of nitrogens with one attached hydrogen (secondary N) is 1. The molecule has 6 heteroatoms. The molecule has 0 saturated heterocycles. The summed E-state index contributed by atoms with van der Waals surface area (Å²) in [5.74, 6) is 8.00. The molecule has 108 valence electrons. The molecule has 1 heterocycles. The lowest BCUT2D eigenvalue weighted by molar-refractivity contribution is 0.185. The van der Waals surface area contributed by atoms with Gasteiger partial charge in [0.25, 0.3) is 0 Å². The average molecular weight is 330 g/mol. The molecular weight excluding hydrogens is 306 g/mol. The van der Waals surface area contributed by atoms with E-state index in [1.807, 2.05) is 11.7 Å². The normalized spacial score (nSPS) is 25.8. The van der Waals surface area contributed by atoms with Gasteiger partial charge in [-0.2, -0.15) is 0 Å². The number of halogens is 1. The first-order chi connectivity index (χ1) is 9.04. The molecule has 1 aromatic rings. The Morgan fingerprint density at radius 2 is 1.84 bits per heavy atom. The minimum absolute atomic E-state index is 0.127. The predicted molar refractivity (Wildman–Crippen MR) is 79.1 cm³/mol. The molecular formula is C13H24BrN5. The number of aromatic nitrogens is 3. The topological polar surface area (TPSA) is 68.8 Å². The molecule has 0 bridgehead atoms. The third-order valence-electron chi connectivity index (χ3n) is 4.53. The van der Waals surface area contributed by atoms with Crippen molar-refractivity contribution in [1.29, 1.82) is 0 Å². The molecule has 0 radical (unpaired) electrons. The van der Waals surface area contributed by atoms with Crippen LogP contribution in [0, 0.1) is 17.8 Å². The van der Waals surface area contributed by atoms with E-state index in [4.69, 9.17) is 5.84 Å². The van der Waals surface area contributed by atoms with Crippen LogP contribution < -0.4 is 11.3 Å². The number of hydrogen-bond donors (Lipinski definition) is 2. The Kier molecular flexibility index (Phi) is 4.97. The van der Waals surface area contributed by atoms with E-state index < -0.39 is 0 Å². The molecule has 19 heavy (non-hydrogen) atoms. The van der Waals surface area contributed by atoms with Gasteiger partial charge in [0.2, 0.25) is 0 Å². The first-order valence-electron chi connectivity index (χ1n) is 7.05. The van der Waals surface area contributed by atoms with Crippen LogP contribution in [0.2, 0.25) is 0 Å². The second-order valence-electron chi connectivity index (χ2n) is 5.95. The summed E-state index contributed by atoms with van der Waals surface area (Å²) < 4.78 is 2.60. The van der Waals surface area contributed by atoms with E-state index >= 15 is 0 Å². The van der Waals surface area contributed by atoms with Gasteiger partial charge in [-0.15, -0.1) is 5.10 Å². The third kappa shape index (κ3) is 3.17. The average Bonchev–Trinajstić information content (AvgIpc) is 2.72. The van der Waals surface area contributed by atoms with E-state index in [-0.39, 0.29) is 6.04 Å². The zero-order valence-corrected chi connectivity index (χ0v) is 13.5. The number of aryl methyl sites for hydroxylation is 1.